The van der Waals surface area contributed by atoms with Crippen LogP contribution in [0.3, 0.4) is 0 Å². The van der Waals surface area contributed by atoms with Gasteiger partial charge in [-0.1, -0.05) is 0 Å². The van der Waals surface area contributed by atoms with Crippen LogP contribution in [0.15, 0.2) is 47.5 Å². The highest BCUT2D eigenvalue weighted by Crippen LogP contribution is 2.38. The van der Waals surface area contributed by atoms with Crippen LogP contribution in [0.1, 0.15) is 37.1 Å². The molecule has 0 radical (unpaired) electrons. The van der Waals surface area contributed by atoms with Crippen LogP contribution in [0.25, 0.3) is 0 Å². The van der Waals surface area contributed by atoms with E-state index >= 15 is 0 Å². The van der Waals surface area contributed by atoms with E-state index in [9.17, 15) is 9.59 Å². The Morgan fingerprint density at radius 1 is 1.13 bits per heavy atom. The third-order valence-electron chi connectivity index (χ3n) is 4.84. The molecule has 4 rings (SSSR count). The quantitative estimate of drug-likeness (QED) is 0.514. The van der Waals surface area contributed by atoms with Gasteiger partial charge in [-0.05, 0) is 51.0 Å². The number of hydrogen-bond acceptors (Lipinski definition) is 7. The van der Waals surface area contributed by atoms with Gasteiger partial charge in [0, 0.05) is 41.7 Å². The first kappa shape index (κ1) is 20.5. The Hall–Kier alpha value is -3.75. The van der Waals surface area contributed by atoms with Crippen LogP contribution < -0.4 is 21.5 Å². The molecule has 1 aliphatic rings. The Kier molecular flexibility index (Phi) is 5.92. The number of hydrogen-bond donors (Lipinski definition) is 3. The van der Waals surface area contributed by atoms with E-state index in [1.165, 1.54) is 17.0 Å². The Labute approximate surface area is 180 Å². The lowest BCUT2D eigenvalue weighted by molar-refractivity contribution is -0.116. The number of benzene rings is 1. The first-order chi connectivity index (χ1) is 15.0. The normalized spacial score (nSPS) is 13.0. The van der Waals surface area contributed by atoms with E-state index < -0.39 is 0 Å². The minimum atomic E-state index is -0.287. The monoisotopic (exact) mass is 419 g/mol. The molecule has 0 unspecified atom stereocenters. The Bertz CT molecular complexity index is 1140. The summed E-state index contributed by atoms with van der Waals surface area (Å²) >= 11 is 0. The van der Waals surface area contributed by atoms with Crippen LogP contribution in [0, 0.1) is 6.92 Å². The molecule has 1 aliphatic carbocycles. The van der Waals surface area contributed by atoms with Crippen molar-refractivity contribution in [2.24, 2.45) is 0 Å². The molecular weight excluding hydrogens is 394 g/mol. The maximum absolute atomic E-state index is 12.3. The summed E-state index contributed by atoms with van der Waals surface area (Å²) < 4.78 is 1.32. The molecule has 9 nitrogen and oxygen atoms in total. The first-order valence-corrected chi connectivity index (χ1v) is 10.3. The average Bonchev–Trinajstić information content (AvgIpc) is 3.56. The maximum Gasteiger partial charge on any atom is 0.254 e. The highest BCUT2D eigenvalue weighted by atomic mass is 16.2. The standard InChI is InChI=1S/C22H25N7O2/c1-3-23-22-25-14(2)10-19(28-22)26-16-6-8-17(9-7-16)27-20(30)12-29-13-24-18(11-21(29)31)15-4-5-15/h6-11,13,15H,3-5,12H2,1-2H3,(H,27,30)(H2,23,25,26,28). The lowest BCUT2D eigenvalue weighted by Crippen LogP contribution is -2.27. The summed E-state index contributed by atoms with van der Waals surface area (Å²) in [7, 11) is 0. The van der Waals surface area contributed by atoms with E-state index in [1.54, 1.807) is 12.1 Å². The number of carbonyl (C=O) groups is 1. The second-order valence-electron chi connectivity index (χ2n) is 7.55. The molecule has 2 aromatic heterocycles. The molecule has 1 amide bonds. The van der Waals surface area contributed by atoms with Crippen LogP contribution in [0.2, 0.25) is 0 Å². The second-order valence-corrected chi connectivity index (χ2v) is 7.55. The molecule has 0 saturated heterocycles. The van der Waals surface area contributed by atoms with Crippen molar-refractivity contribution >= 4 is 29.0 Å². The molecular formula is C22H25N7O2. The molecule has 3 aromatic rings. The number of anilines is 4. The van der Waals surface area contributed by atoms with E-state index in [0.29, 0.717) is 23.4 Å². The SMILES string of the molecule is CCNc1nc(C)cc(Nc2ccc(NC(=O)Cn3cnc(C4CC4)cc3=O)cc2)n1. The molecule has 160 valence electrons. The highest BCUT2D eigenvalue weighted by molar-refractivity contribution is 5.90. The van der Waals surface area contributed by atoms with Gasteiger partial charge in [-0.3, -0.25) is 14.2 Å². The number of carbonyl (C=O) groups excluding carboxylic acids is 1. The predicted octanol–water partition coefficient (Wildman–Crippen LogP) is 3.03. The van der Waals surface area contributed by atoms with Gasteiger partial charge >= 0.3 is 0 Å². The van der Waals surface area contributed by atoms with Gasteiger partial charge in [-0.2, -0.15) is 4.98 Å². The molecule has 1 aromatic carbocycles. The van der Waals surface area contributed by atoms with Crippen molar-refractivity contribution in [3.8, 4) is 0 Å². The predicted molar refractivity (Wildman–Crippen MR) is 120 cm³/mol. The van der Waals surface area contributed by atoms with Gasteiger partial charge in [0.05, 0.1) is 12.0 Å². The van der Waals surface area contributed by atoms with Crippen LogP contribution in [-0.2, 0) is 11.3 Å². The van der Waals surface area contributed by atoms with Crippen LogP contribution in [-0.4, -0.2) is 32.0 Å². The van der Waals surface area contributed by atoms with Crippen molar-refractivity contribution in [3.05, 3.63) is 64.5 Å². The summed E-state index contributed by atoms with van der Waals surface area (Å²) in [6.45, 7) is 4.56. The summed E-state index contributed by atoms with van der Waals surface area (Å²) in [5.41, 5.74) is 2.94. The summed E-state index contributed by atoms with van der Waals surface area (Å²) in [5.74, 6) is 1.38. The van der Waals surface area contributed by atoms with E-state index in [-0.39, 0.29) is 18.0 Å². The van der Waals surface area contributed by atoms with Crippen molar-refractivity contribution in [3.63, 3.8) is 0 Å². The van der Waals surface area contributed by atoms with Gasteiger partial charge in [0.1, 0.15) is 12.4 Å². The third kappa shape index (κ3) is 5.44. The molecule has 1 fully saturated rings. The van der Waals surface area contributed by atoms with Crippen LogP contribution >= 0.6 is 0 Å². The molecule has 0 spiro atoms. The Morgan fingerprint density at radius 3 is 2.55 bits per heavy atom. The Morgan fingerprint density at radius 2 is 1.87 bits per heavy atom. The van der Waals surface area contributed by atoms with Crippen LogP contribution in [0.4, 0.5) is 23.1 Å². The van der Waals surface area contributed by atoms with Gasteiger partial charge < -0.3 is 16.0 Å². The smallest absolute Gasteiger partial charge is 0.254 e. The number of amides is 1. The molecule has 0 aliphatic heterocycles. The zero-order valence-electron chi connectivity index (χ0n) is 17.6. The topological polar surface area (TPSA) is 114 Å². The minimum absolute atomic E-state index is 0.0792. The van der Waals surface area contributed by atoms with Crippen molar-refractivity contribution in [1.82, 2.24) is 19.5 Å². The summed E-state index contributed by atoms with van der Waals surface area (Å²) in [6, 6.07) is 10.7. The Balaban J connectivity index is 1.36. The minimum Gasteiger partial charge on any atom is -0.354 e. The molecule has 3 N–H and O–H groups in total. The third-order valence-corrected chi connectivity index (χ3v) is 4.84. The second kappa shape index (κ2) is 8.95. The zero-order valence-corrected chi connectivity index (χ0v) is 17.6. The fraction of sp³-hybridized carbons (Fsp3) is 0.318. The van der Waals surface area contributed by atoms with Crippen molar-refractivity contribution in [2.75, 3.05) is 22.5 Å². The average molecular weight is 419 g/mol. The molecule has 0 atom stereocenters. The van der Waals surface area contributed by atoms with Crippen molar-refractivity contribution in [1.29, 1.82) is 0 Å². The fourth-order valence-electron chi connectivity index (χ4n) is 3.17. The van der Waals surface area contributed by atoms with Gasteiger partial charge in [0.2, 0.25) is 11.9 Å². The van der Waals surface area contributed by atoms with Gasteiger partial charge in [0.25, 0.3) is 5.56 Å². The van der Waals surface area contributed by atoms with Gasteiger partial charge in [-0.25, -0.2) is 9.97 Å². The molecule has 31 heavy (non-hydrogen) atoms. The van der Waals surface area contributed by atoms with E-state index in [0.717, 1.165) is 36.5 Å². The highest BCUT2D eigenvalue weighted by Gasteiger charge is 2.25. The number of aromatic nitrogens is 4. The van der Waals surface area contributed by atoms with E-state index in [1.807, 2.05) is 32.0 Å². The summed E-state index contributed by atoms with van der Waals surface area (Å²) in [5, 5.41) is 9.14. The lowest BCUT2D eigenvalue weighted by atomic mass is 10.2. The lowest BCUT2D eigenvalue weighted by Gasteiger charge is -2.11. The molecule has 2 heterocycles. The summed E-state index contributed by atoms with van der Waals surface area (Å²) in [4.78, 5) is 37.6. The number of nitrogens with one attached hydrogen (secondary N) is 3. The van der Waals surface area contributed by atoms with E-state index in [4.69, 9.17) is 0 Å². The number of aryl methyl sites for hydroxylation is 1. The van der Waals surface area contributed by atoms with E-state index in [2.05, 4.69) is 30.9 Å². The summed E-state index contributed by atoms with van der Waals surface area (Å²) in [6.07, 6.45) is 3.61. The van der Waals surface area contributed by atoms with Gasteiger partial charge in [0.15, 0.2) is 0 Å². The largest absolute Gasteiger partial charge is 0.354 e. The maximum atomic E-state index is 12.3. The van der Waals surface area contributed by atoms with Crippen molar-refractivity contribution < 1.29 is 4.79 Å². The molecule has 1 saturated carbocycles. The van der Waals surface area contributed by atoms with Gasteiger partial charge in [-0.15, -0.1) is 0 Å². The molecule has 0 bridgehead atoms. The fourth-order valence-corrected chi connectivity index (χ4v) is 3.17. The molecule has 9 heteroatoms. The number of rotatable bonds is 8. The zero-order chi connectivity index (χ0) is 21.8. The van der Waals surface area contributed by atoms with Crippen LogP contribution in [0.5, 0.6) is 0 Å². The first-order valence-electron chi connectivity index (χ1n) is 10.3. The van der Waals surface area contributed by atoms with Crippen molar-refractivity contribution in [2.45, 2.75) is 39.2 Å². The number of nitrogens with zero attached hydrogens (tertiary/aromatic N) is 4.